The van der Waals surface area contributed by atoms with E-state index >= 15 is 0 Å². The summed E-state index contributed by atoms with van der Waals surface area (Å²) >= 11 is 0. The minimum atomic E-state index is -0.600. The van der Waals surface area contributed by atoms with Gasteiger partial charge in [0.25, 0.3) is 0 Å². The van der Waals surface area contributed by atoms with E-state index < -0.39 is 11.4 Å². The van der Waals surface area contributed by atoms with Crippen LogP contribution in [0.25, 0.3) is 6.08 Å². The molecule has 5 nitrogen and oxygen atoms in total. The minimum Gasteiger partial charge on any atom is -0.497 e. The number of allylic oxidation sites excluding steroid dienone is 2. The highest BCUT2D eigenvalue weighted by Gasteiger charge is 2.69. The lowest BCUT2D eigenvalue weighted by molar-refractivity contribution is -0.212. The van der Waals surface area contributed by atoms with Crippen molar-refractivity contribution in [1.29, 1.82) is 0 Å². The Morgan fingerprint density at radius 3 is 2.22 bits per heavy atom. The Morgan fingerprint density at radius 1 is 0.867 bits per heavy atom. The Bertz CT molecular complexity index is 1400. The first-order valence-electron chi connectivity index (χ1n) is 17.5. The van der Waals surface area contributed by atoms with Crippen LogP contribution < -0.4 is 4.74 Å². The molecule has 1 aromatic rings. The molecule has 0 bridgehead atoms. The van der Waals surface area contributed by atoms with E-state index in [1.807, 2.05) is 30.3 Å². The lowest BCUT2D eigenvalue weighted by Crippen LogP contribution is -2.65. The summed E-state index contributed by atoms with van der Waals surface area (Å²) in [7, 11) is 1.65. The molecular formula is C40H56O5. The maximum absolute atomic E-state index is 13.1. The number of ether oxygens (including phenoxy) is 2. The molecule has 0 amide bonds. The van der Waals surface area contributed by atoms with Gasteiger partial charge in [0, 0.05) is 11.5 Å². The van der Waals surface area contributed by atoms with Crippen LogP contribution in [0, 0.1) is 50.2 Å². The molecule has 45 heavy (non-hydrogen) atoms. The molecule has 5 aliphatic rings. The molecule has 0 heterocycles. The van der Waals surface area contributed by atoms with Gasteiger partial charge in [-0.2, -0.15) is 0 Å². The van der Waals surface area contributed by atoms with Crippen molar-refractivity contribution in [3.05, 3.63) is 47.6 Å². The van der Waals surface area contributed by atoms with Crippen LogP contribution in [0.3, 0.4) is 0 Å². The fourth-order valence-corrected chi connectivity index (χ4v) is 11.9. The summed E-state index contributed by atoms with van der Waals surface area (Å²) in [5.41, 5.74) is 2.13. The summed E-state index contributed by atoms with van der Waals surface area (Å²) in [6, 6.07) is 7.65. The topological polar surface area (TPSA) is 72.8 Å². The molecule has 4 saturated carbocycles. The van der Waals surface area contributed by atoms with Crippen molar-refractivity contribution in [2.45, 2.75) is 119 Å². The van der Waals surface area contributed by atoms with Gasteiger partial charge in [0.1, 0.15) is 11.9 Å². The standard InChI is InChI=1S/C40H56O5/c1-35(2)21-23-40(34(42)43)24-22-38(6)28(29(40)25-35)14-15-31-37(5)19-18-32(36(3,4)30(37)17-20-39(31,38)7)45-33(41)16-11-26-9-12-27(44-8)13-10-26/h9-14,16,29-32H,15,17-25H2,1-8H3,(H,42,43)/b16-11+/t29-,30+,31-,32+,37+,38-,39-,40+/m1/s1. The number of carboxylic acids is 1. The molecule has 5 heteroatoms. The molecule has 0 radical (unpaired) electrons. The first kappa shape index (κ1) is 32.4. The number of carbonyl (C=O) groups is 2. The lowest BCUT2D eigenvalue weighted by atomic mass is 9.33. The number of esters is 1. The zero-order valence-electron chi connectivity index (χ0n) is 29.0. The smallest absolute Gasteiger partial charge is 0.331 e. The van der Waals surface area contributed by atoms with Crippen LogP contribution in [0.2, 0.25) is 0 Å². The van der Waals surface area contributed by atoms with Crippen molar-refractivity contribution in [3.63, 3.8) is 0 Å². The summed E-state index contributed by atoms with van der Waals surface area (Å²) in [4.78, 5) is 26.0. The number of hydrogen-bond donors (Lipinski definition) is 1. The highest BCUT2D eigenvalue weighted by atomic mass is 16.5. The van der Waals surface area contributed by atoms with Gasteiger partial charge >= 0.3 is 11.9 Å². The number of fused-ring (bicyclic) bond motifs is 7. The second-order valence-corrected chi connectivity index (χ2v) is 17.6. The molecule has 4 fully saturated rings. The van der Waals surface area contributed by atoms with E-state index in [2.05, 4.69) is 54.5 Å². The van der Waals surface area contributed by atoms with Crippen molar-refractivity contribution in [2.24, 2.45) is 50.2 Å². The van der Waals surface area contributed by atoms with Crippen LogP contribution in [-0.2, 0) is 14.3 Å². The largest absolute Gasteiger partial charge is 0.497 e. The molecule has 0 unspecified atom stereocenters. The molecule has 8 atom stereocenters. The Balaban J connectivity index is 1.24. The van der Waals surface area contributed by atoms with E-state index in [9.17, 15) is 14.7 Å². The molecule has 246 valence electrons. The molecule has 0 aromatic heterocycles. The van der Waals surface area contributed by atoms with Gasteiger partial charge in [-0.1, -0.05) is 72.2 Å². The quantitative estimate of drug-likeness (QED) is 0.203. The van der Waals surface area contributed by atoms with Crippen molar-refractivity contribution in [2.75, 3.05) is 7.11 Å². The third-order valence-corrected chi connectivity index (χ3v) is 14.8. The molecule has 5 aliphatic carbocycles. The summed E-state index contributed by atoms with van der Waals surface area (Å²) < 4.78 is 11.5. The van der Waals surface area contributed by atoms with Crippen LogP contribution in [0.5, 0.6) is 5.75 Å². The first-order chi connectivity index (χ1) is 21.0. The molecule has 6 rings (SSSR count). The third kappa shape index (κ3) is 4.84. The first-order valence-corrected chi connectivity index (χ1v) is 17.5. The lowest BCUT2D eigenvalue weighted by Gasteiger charge is -2.71. The summed E-state index contributed by atoms with van der Waals surface area (Å²) in [5, 5.41) is 10.6. The average molecular weight is 617 g/mol. The predicted molar refractivity (Wildman–Crippen MR) is 179 cm³/mol. The van der Waals surface area contributed by atoms with Gasteiger partial charge < -0.3 is 14.6 Å². The summed E-state index contributed by atoms with van der Waals surface area (Å²) in [6.45, 7) is 17.0. The van der Waals surface area contributed by atoms with Gasteiger partial charge in [0.15, 0.2) is 0 Å². The second-order valence-electron chi connectivity index (χ2n) is 17.6. The molecule has 1 N–H and O–H groups in total. The fourth-order valence-electron chi connectivity index (χ4n) is 11.9. The Labute approximate surface area is 271 Å². The minimum absolute atomic E-state index is 0.0145. The van der Waals surface area contributed by atoms with Crippen molar-refractivity contribution in [3.8, 4) is 5.75 Å². The van der Waals surface area contributed by atoms with E-state index in [4.69, 9.17) is 9.47 Å². The van der Waals surface area contributed by atoms with Crippen LogP contribution in [0.4, 0.5) is 0 Å². The van der Waals surface area contributed by atoms with Crippen molar-refractivity contribution < 1.29 is 24.2 Å². The van der Waals surface area contributed by atoms with Crippen LogP contribution in [-0.4, -0.2) is 30.3 Å². The normalized spacial score (nSPS) is 41.5. The molecule has 0 spiro atoms. The summed E-state index contributed by atoms with van der Waals surface area (Å²) in [5.74, 6) is 1.07. The highest BCUT2D eigenvalue weighted by molar-refractivity contribution is 5.87. The van der Waals surface area contributed by atoms with E-state index in [1.165, 1.54) is 5.57 Å². The number of methoxy groups -OCH3 is 1. The zero-order chi connectivity index (χ0) is 32.6. The predicted octanol–water partition coefficient (Wildman–Crippen LogP) is 9.51. The Kier molecular flexibility index (Phi) is 7.73. The number of rotatable bonds is 5. The van der Waals surface area contributed by atoms with Gasteiger partial charge in [-0.05, 0) is 127 Å². The average Bonchev–Trinajstić information content (AvgIpc) is 2.97. The number of benzene rings is 1. The van der Waals surface area contributed by atoms with Gasteiger partial charge in [-0.3, -0.25) is 4.79 Å². The van der Waals surface area contributed by atoms with E-state index in [-0.39, 0.29) is 45.1 Å². The SMILES string of the molecule is COc1ccc(/C=C/C(=O)O[C@H]2CC[C@]3(C)[C@H]4CC=C5[C@H]6CC(C)(C)CC[C@]6(C(=O)O)CC[C@@]5(C)[C@]4(C)CC[C@H]3C2(C)C)cc1. The highest BCUT2D eigenvalue weighted by Crippen LogP contribution is 2.75. The van der Waals surface area contributed by atoms with Crippen LogP contribution in [0.15, 0.2) is 42.0 Å². The van der Waals surface area contributed by atoms with Crippen LogP contribution in [0.1, 0.15) is 118 Å². The van der Waals surface area contributed by atoms with Gasteiger partial charge in [0.05, 0.1) is 12.5 Å². The monoisotopic (exact) mass is 616 g/mol. The molecule has 0 aliphatic heterocycles. The molecular weight excluding hydrogens is 560 g/mol. The van der Waals surface area contributed by atoms with Crippen molar-refractivity contribution >= 4 is 18.0 Å². The van der Waals surface area contributed by atoms with Gasteiger partial charge in [-0.25, -0.2) is 4.79 Å². The summed E-state index contributed by atoms with van der Waals surface area (Å²) in [6.07, 6.45) is 15.6. The number of carbonyl (C=O) groups excluding carboxylic acids is 1. The number of aliphatic carboxylic acids is 1. The van der Waals surface area contributed by atoms with Crippen molar-refractivity contribution in [1.82, 2.24) is 0 Å². The zero-order valence-corrected chi connectivity index (χ0v) is 29.0. The Hall–Kier alpha value is -2.56. The number of carboxylic acid groups (broad SMARTS) is 1. The third-order valence-electron chi connectivity index (χ3n) is 14.8. The maximum Gasteiger partial charge on any atom is 0.331 e. The maximum atomic E-state index is 13.1. The van der Waals surface area contributed by atoms with Gasteiger partial charge in [0.2, 0.25) is 0 Å². The fraction of sp³-hybridized carbons (Fsp3) is 0.700. The van der Waals surface area contributed by atoms with E-state index in [0.717, 1.165) is 75.5 Å². The molecule has 0 saturated heterocycles. The van der Waals surface area contributed by atoms with E-state index in [1.54, 1.807) is 13.2 Å². The number of hydrogen-bond acceptors (Lipinski definition) is 4. The Morgan fingerprint density at radius 2 is 1.56 bits per heavy atom. The second kappa shape index (κ2) is 10.7. The van der Waals surface area contributed by atoms with E-state index in [0.29, 0.717) is 11.8 Å². The van der Waals surface area contributed by atoms with Crippen LogP contribution >= 0.6 is 0 Å². The molecule has 1 aromatic carbocycles. The van der Waals surface area contributed by atoms with Gasteiger partial charge in [-0.15, -0.1) is 0 Å².